The molecule has 0 aromatic heterocycles. The van der Waals surface area contributed by atoms with E-state index in [-0.39, 0.29) is 43.2 Å². The Bertz CT molecular complexity index is 1230. The van der Waals surface area contributed by atoms with Crippen molar-refractivity contribution in [1.82, 2.24) is 10.2 Å². The first kappa shape index (κ1) is 32.0. The first-order valence-electron chi connectivity index (χ1n) is 15.4. The lowest BCUT2D eigenvalue weighted by molar-refractivity contribution is -0.147. The fraction of sp³-hybridized carbons (Fsp3) is 0.606. The van der Waals surface area contributed by atoms with Crippen LogP contribution in [0.2, 0.25) is 0 Å². The number of aldehydes is 1. The van der Waals surface area contributed by atoms with E-state index < -0.39 is 18.2 Å². The third kappa shape index (κ3) is 6.96. The van der Waals surface area contributed by atoms with Gasteiger partial charge in [0.1, 0.15) is 18.5 Å². The van der Waals surface area contributed by atoms with Gasteiger partial charge in [0.25, 0.3) is 0 Å². The van der Waals surface area contributed by atoms with Crippen molar-refractivity contribution in [2.24, 2.45) is 23.2 Å². The quantitative estimate of drug-likeness (QED) is 0.161. The minimum atomic E-state index is -1.12. The lowest BCUT2D eigenvalue weighted by Gasteiger charge is -2.58. The van der Waals surface area contributed by atoms with Crippen molar-refractivity contribution < 1.29 is 34.1 Å². The topological polar surface area (TPSA) is 125 Å². The maximum absolute atomic E-state index is 13.9. The van der Waals surface area contributed by atoms with Crippen LogP contribution in [0.5, 0.6) is 11.5 Å². The van der Waals surface area contributed by atoms with Crippen molar-refractivity contribution in [3.63, 3.8) is 0 Å². The third-order valence-electron chi connectivity index (χ3n) is 9.81. The van der Waals surface area contributed by atoms with Gasteiger partial charge in [-0.3, -0.25) is 14.4 Å². The van der Waals surface area contributed by atoms with E-state index in [4.69, 9.17) is 9.47 Å². The molecule has 4 bridgehead atoms. The predicted octanol–water partition coefficient (Wildman–Crippen LogP) is 4.04. The predicted molar refractivity (Wildman–Crippen MR) is 170 cm³/mol. The molecule has 0 spiro atoms. The lowest BCUT2D eigenvalue weighted by atomic mass is 9.49. The number of allylic oxidation sites excluding steroid dienone is 1. The summed E-state index contributed by atoms with van der Waals surface area (Å²) in [5, 5.41) is 24.0. The Morgan fingerprint density at radius 2 is 1.86 bits per heavy atom. The number of carbonyl (C=O) groups excluding carboxylic acids is 3. The Morgan fingerprint density at radius 3 is 2.44 bits per heavy atom. The highest BCUT2D eigenvalue weighted by molar-refractivity contribution is 14.1. The minimum absolute atomic E-state index is 0.0262. The molecular formula is C33H43IN2O7. The number of benzene rings is 1. The molecule has 0 saturated heterocycles. The number of halogens is 1. The number of aliphatic hydroxyl groups excluding tert-OH is 2. The minimum Gasteiger partial charge on any atom is -0.493 e. The molecule has 234 valence electrons. The van der Waals surface area contributed by atoms with Gasteiger partial charge in [0.2, 0.25) is 11.8 Å². The van der Waals surface area contributed by atoms with Gasteiger partial charge < -0.3 is 29.9 Å². The Labute approximate surface area is 267 Å². The highest BCUT2D eigenvalue weighted by Gasteiger charge is 2.53. The first-order valence-corrected chi connectivity index (χ1v) is 16.4. The van der Waals surface area contributed by atoms with Gasteiger partial charge in [-0.1, -0.05) is 6.08 Å². The molecule has 43 heavy (non-hydrogen) atoms. The number of carbonyl (C=O) groups is 3. The van der Waals surface area contributed by atoms with E-state index in [0.29, 0.717) is 56.9 Å². The number of amides is 2. The third-order valence-corrected chi connectivity index (χ3v) is 10.6. The average Bonchev–Trinajstić information content (AvgIpc) is 2.98. The summed E-state index contributed by atoms with van der Waals surface area (Å²) < 4.78 is 12.5. The summed E-state index contributed by atoms with van der Waals surface area (Å²) in [6, 6.07) is 2.54. The number of nitrogens with zero attached hydrogens (tertiary/aromatic N) is 1. The maximum Gasteiger partial charge on any atom is 0.247 e. The molecule has 0 heterocycles. The Hall–Kier alpha value is -2.44. The smallest absolute Gasteiger partial charge is 0.247 e. The second kappa shape index (κ2) is 13.7. The van der Waals surface area contributed by atoms with Crippen LogP contribution < -0.4 is 14.8 Å². The Morgan fingerprint density at radius 1 is 1.19 bits per heavy atom. The number of methoxy groups -OCH3 is 1. The molecule has 0 aliphatic heterocycles. The highest BCUT2D eigenvalue weighted by atomic mass is 127. The number of aliphatic hydroxyl groups is 2. The maximum atomic E-state index is 13.9. The highest BCUT2D eigenvalue weighted by Crippen LogP contribution is 2.60. The zero-order valence-electron chi connectivity index (χ0n) is 24.8. The molecule has 4 fully saturated rings. The number of hydrogen-bond donors (Lipinski definition) is 3. The molecule has 1 aromatic rings. The molecular weight excluding hydrogens is 663 g/mol. The Kier molecular flexibility index (Phi) is 10.2. The van der Waals surface area contributed by atoms with Crippen molar-refractivity contribution in [2.45, 2.75) is 76.0 Å². The number of nitrogens with one attached hydrogen (secondary N) is 1. The molecule has 0 radical (unpaired) electrons. The summed E-state index contributed by atoms with van der Waals surface area (Å²) in [6.45, 7) is 4.24. The van der Waals surface area contributed by atoms with Crippen molar-refractivity contribution in [1.29, 1.82) is 0 Å². The molecule has 3 N–H and O–H groups in total. The summed E-state index contributed by atoms with van der Waals surface area (Å²) in [6.07, 6.45) is 10.1. The van der Waals surface area contributed by atoms with Gasteiger partial charge in [0.05, 0.1) is 23.3 Å². The van der Waals surface area contributed by atoms with Gasteiger partial charge in [-0.2, -0.15) is 0 Å². The van der Waals surface area contributed by atoms with Crippen LogP contribution in [0.25, 0.3) is 0 Å². The zero-order chi connectivity index (χ0) is 30.7. The second-order valence-electron chi connectivity index (χ2n) is 12.9. The lowest BCUT2D eigenvalue weighted by Crippen LogP contribution is -2.59. The van der Waals surface area contributed by atoms with Crippen molar-refractivity contribution >= 4 is 40.7 Å². The van der Waals surface area contributed by atoms with E-state index in [2.05, 4.69) is 34.5 Å². The molecule has 5 aliphatic carbocycles. The summed E-state index contributed by atoms with van der Waals surface area (Å²) in [5.74, 6) is 2.35. The molecule has 9 nitrogen and oxygen atoms in total. The van der Waals surface area contributed by atoms with Crippen molar-refractivity contribution in [3.8, 4) is 11.5 Å². The fourth-order valence-corrected chi connectivity index (χ4v) is 9.19. The van der Waals surface area contributed by atoms with Gasteiger partial charge >= 0.3 is 0 Å². The molecule has 2 amide bonds. The zero-order valence-corrected chi connectivity index (χ0v) is 27.0. The summed E-state index contributed by atoms with van der Waals surface area (Å²) >= 11 is 2.05. The summed E-state index contributed by atoms with van der Waals surface area (Å²) in [4.78, 5) is 40.5. The standard InChI is InChI=1S/C33H43IN2O7/c1-3-4-5-29(39)36(19-33-15-20-8-21(16-33)10-22(9-20)17-33)26-13-24(32(41)35-6-7-37)14-27(30(26)40)43-31-25(34)11-23(18-38)12-28(31)42-2/h3,11-12,14,18,20-22,26-27,30,37,40H,1,4-10,13,15-17,19H2,2H3,(H,35,41)/t20?,21?,22?,26-,27+,30+,33?/m1/s1. The van der Waals surface area contributed by atoms with E-state index in [9.17, 15) is 24.6 Å². The van der Waals surface area contributed by atoms with Gasteiger partial charge in [-0.15, -0.1) is 6.58 Å². The summed E-state index contributed by atoms with van der Waals surface area (Å²) in [5.41, 5.74) is 0.836. The molecule has 1 aromatic carbocycles. The first-order chi connectivity index (χ1) is 20.7. The van der Waals surface area contributed by atoms with E-state index in [1.165, 1.54) is 26.4 Å². The molecule has 6 rings (SSSR count). The van der Waals surface area contributed by atoms with Crippen molar-refractivity contribution in [2.75, 3.05) is 26.8 Å². The number of hydrogen-bond acceptors (Lipinski definition) is 7. The molecule has 0 unspecified atom stereocenters. The second-order valence-corrected chi connectivity index (χ2v) is 14.1. The van der Waals surface area contributed by atoms with Gasteiger partial charge in [0.15, 0.2) is 11.5 Å². The van der Waals surface area contributed by atoms with Crippen LogP contribution in [-0.4, -0.2) is 78.3 Å². The van der Waals surface area contributed by atoms with Gasteiger partial charge in [-0.25, -0.2) is 0 Å². The normalized spacial score (nSPS) is 30.7. The van der Waals surface area contributed by atoms with E-state index in [1.807, 2.05) is 4.90 Å². The number of rotatable bonds is 13. The van der Waals surface area contributed by atoms with Crippen molar-refractivity contribution in [3.05, 3.63) is 45.6 Å². The van der Waals surface area contributed by atoms with E-state index in [1.54, 1.807) is 24.3 Å². The van der Waals surface area contributed by atoms with Gasteiger partial charge in [-0.05, 0) is 109 Å². The molecule has 4 saturated carbocycles. The molecule has 3 atom stereocenters. The van der Waals surface area contributed by atoms with Crippen LogP contribution in [0.4, 0.5) is 0 Å². The number of ether oxygens (including phenoxy) is 2. The Balaban J connectivity index is 1.49. The van der Waals surface area contributed by atoms with Crippen LogP contribution in [-0.2, 0) is 9.59 Å². The van der Waals surface area contributed by atoms with Crippen LogP contribution in [0, 0.1) is 26.7 Å². The van der Waals surface area contributed by atoms with Crippen LogP contribution in [0.15, 0.2) is 36.4 Å². The average molecular weight is 707 g/mol. The van der Waals surface area contributed by atoms with Gasteiger partial charge in [0, 0.05) is 37.1 Å². The molecule has 10 heteroatoms. The van der Waals surface area contributed by atoms with Crippen LogP contribution in [0.1, 0.15) is 68.1 Å². The van der Waals surface area contributed by atoms with Crippen LogP contribution >= 0.6 is 22.6 Å². The molecule has 5 aliphatic rings. The van der Waals surface area contributed by atoms with E-state index >= 15 is 0 Å². The summed E-state index contributed by atoms with van der Waals surface area (Å²) in [7, 11) is 1.47. The SMILES string of the molecule is C=CCCC(=O)N(CC12CC3CC(CC(C3)C1)C2)[C@@H]1CC(C(=O)NCCO)=C[C@H](Oc2c(I)cc(C=O)cc2OC)[C@H]1O. The van der Waals surface area contributed by atoms with Crippen LogP contribution in [0.3, 0.4) is 0 Å². The fourth-order valence-electron chi connectivity index (χ4n) is 8.44. The van der Waals surface area contributed by atoms with E-state index in [0.717, 1.165) is 25.5 Å². The largest absolute Gasteiger partial charge is 0.493 e. The monoisotopic (exact) mass is 706 g/mol.